The lowest BCUT2D eigenvalue weighted by molar-refractivity contribution is 0.0853. The second kappa shape index (κ2) is 8.48. The standard InChI is InChI=1S/C16H23N3O3/c1-2-3-7-18-15(20)12-6-8-17-14(10-12)16(21)19-11-13-5-4-9-22-13/h6,8,10,13H,2-5,7,9,11H2,1H3,(H,18,20)(H,19,21). The van der Waals surface area contributed by atoms with Crippen LogP contribution in [-0.2, 0) is 4.74 Å². The summed E-state index contributed by atoms with van der Waals surface area (Å²) in [6.07, 6.45) is 5.53. The molecule has 120 valence electrons. The zero-order valence-electron chi connectivity index (χ0n) is 12.9. The SMILES string of the molecule is CCCCNC(=O)c1ccnc(C(=O)NCC2CCCO2)c1. The quantitative estimate of drug-likeness (QED) is 0.749. The van der Waals surface area contributed by atoms with E-state index in [0.717, 1.165) is 32.3 Å². The van der Waals surface area contributed by atoms with E-state index in [1.54, 1.807) is 6.07 Å². The lowest BCUT2D eigenvalue weighted by Crippen LogP contribution is -2.32. The molecule has 22 heavy (non-hydrogen) atoms. The molecule has 1 fully saturated rings. The van der Waals surface area contributed by atoms with Gasteiger partial charge in [0.2, 0.25) is 0 Å². The molecule has 0 radical (unpaired) electrons. The molecule has 2 rings (SSSR count). The third-order valence-corrected chi connectivity index (χ3v) is 3.58. The number of nitrogens with zero attached hydrogens (tertiary/aromatic N) is 1. The molecule has 0 spiro atoms. The lowest BCUT2D eigenvalue weighted by atomic mass is 10.2. The molecule has 2 amide bonds. The molecule has 0 saturated carbocycles. The largest absolute Gasteiger partial charge is 0.376 e. The average molecular weight is 305 g/mol. The van der Waals surface area contributed by atoms with Crippen molar-refractivity contribution in [3.8, 4) is 0 Å². The first-order chi connectivity index (χ1) is 10.7. The highest BCUT2D eigenvalue weighted by Crippen LogP contribution is 2.11. The number of hydrogen-bond acceptors (Lipinski definition) is 4. The predicted molar refractivity (Wildman–Crippen MR) is 82.8 cm³/mol. The molecule has 6 nitrogen and oxygen atoms in total. The van der Waals surface area contributed by atoms with Crippen molar-refractivity contribution in [3.05, 3.63) is 29.6 Å². The van der Waals surface area contributed by atoms with E-state index < -0.39 is 0 Å². The Labute approximate surface area is 130 Å². The highest BCUT2D eigenvalue weighted by Gasteiger charge is 2.17. The van der Waals surface area contributed by atoms with Crippen LogP contribution in [0, 0.1) is 0 Å². The Morgan fingerprint density at radius 2 is 2.23 bits per heavy atom. The van der Waals surface area contributed by atoms with Crippen LogP contribution in [0.5, 0.6) is 0 Å². The summed E-state index contributed by atoms with van der Waals surface area (Å²) in [5, 5.41) is 5.63. The van der Waals surface area contributed by atoms with Crippen molar-refractivity contribution >= 4 is 11.8 Å². The van der Waals surface area contributed by atoms with Gasteiger partial charge in [-0.25, -0.2) is 0 Å². The Bertz CT molecular complexity index is 513. The molecule has 2 heterocycles. The summed E-state index contributed by atoms with van der Waals surface area (Å²) in [5.74, 6) is -0.456. The topological polar surface area (TPSA) is 80.3 Å². The van der Waals surface area contributed by atoms with E-state index in [1.807, 2.05) is 0 Å². The molecule has 6 heteroatoms. The fraction of sp³-hybridized carbons (Fsp3) is 0.562. The lowest BCUT2D eigenvalue weighted by Gasteiger charge is -2.11. The molecule has 1 atom stereocenters. The number of amides is 2. The molecule has 2 N–H and O–H groups in total. The van der Waals surface area contributed by atoms with Gasteiger partial charge in [0.25, 0.3) is 11.8 Å². The van der Waals surface area contributed by atoms with Gasteiger partial charge in [-0.15, -0.1) is 0 Å². The van der Waals surface area contributed by atoms with Crippen molar-refractivity contribution in [2.45, 2.75) is 38.7 Å². The van der Waals surface area contributed by atoms with Gasteiger partial charge < -0.3 is 15.4 Å². The van der Waals surface area contributed by atoms with Crippen LogP contribution in [0.25, 0.3) is 0 Å². The maximum absolute atomic E-state index is 12.1. The molecule has 1 saturated heterocycles. The summed E-state index contributed by atoms with van der Waals surface area (Å²) in [6.45, 7) is 3.94. The smallest absolute Gasteiger partial charge is 0.269 e. The second-order valence-corrected chi connectivity index (χ2v) is 5.38. The van der Waals surface area contributed by atoms with Gasteiger partial charge in [0, 0.05) is 31.5 Å². The molecular formula is C16H23N3O3. The summed E-state index contributed by atoms with van der Waals surface area (Å²) in [7, 11) is 0. The molecule has 0 aromatic carbocycles. The Balaban J connectivity index is 1.89. The van der Waals surface area contributed by atoms with Crippen molar-refractivity contribution in [3.63, 3.8) is 0 Å². The van der Waals surface area contributed by atoms with Crippen molar-refractivity contribution in [1.29, 1.82) is 0 Å². The van der Waals surface area contributed by atoms with Gasteiger partial charge in [0.05, 0.1) is 6.10 Å². The van der Waals surface area contributed by atoms with E-state index in [2.05, 4.69) is 22.5 Å². The number of hydrogen-bond donors (Lipinski definition) is 2. The number of rotatable bonds is 7. The molecule has 1 aromatic rings. The number of carbonyl (C=O) groups is 2. The zero-order valence-corrected chi connectivity index (χ0v) is 12.9. The average Bonchev–Trinajstić information content (AvgIpc) is 3.06. The van der Waals surface area contributed by atoms with Crippen molar-refractivity contribution < 1.29 is 14.3 Å². The van der Waals surface area contributed by atoms with Crippen LogP contribution < -0.4 is 10.6 Å². The van der Waals surface area contributed by atoms with Crippen LogP contribution in [0.4, 0.5) is 0 Å². The van der Waals surface area contributed by atoms with Crippen LogP contribution in [0.15, 0.2) is 18.3 Å². The van der Waals surface area contributed by atoms with E-state index in [4.69, 9.17) is 4.74 Å². The minimum atomic E-state index is -0.279. The Kier molecular flexibility index (Phi) is 6.33. The molecule has 1 aliphatic rings. The minimum Gasteiger partial charge on any atom is -0.376 e. The van der Waals surface area contributed by atoms with Crippen molar-refractivity contribution in [2.75, 3.05) is 19.7 Å². The fourth-order valence-corrected chi connectivity index (χ4v) is 2.28. The highest BCUT2D eigenvalue weighted by molar-refractivity contribution is 5.98. The summed E-state index contributed by atoms with van der Waals surface area (Å²) in [5.41, 5.74) is 0.703. The molecule has 0 bridgehead atoms. The van der Waals surface area contributed by atoms with Crippen LogP contribution in [-0.4, -0.2) is 42.6 Å². The molecule has 0 aliphatic carbocycles. The Morgan fingerprint density at radius 3 is 2.95 bits per heavy atom. The maximum Gasteiger partial charge on any atom is 0.269 e. The van der Waals surface area contributed by atoms with Gasteiger partial charge in [-0.3, -0.25) is 14.6 Å². The third kappa shape index (κ3) is 4.80. The maximum atomic E-state index is 12.1. The van der Waals surface area contributed by atoms with Gasteiger partial charge in [-0.05, 0) is 31.4 Å². The van der Waals surface area contributed by atoms with Gasteiger partial charge in [-0.1, -0.05) is 13.3 Å². The summed E-state index contributed by atoms with van der Waals surface area (Å²) in [4.78, 5) is 28.1. The Morgan fingerprint density at radius 1 is 1.36 bits per heavy atom. The fourth-order valence-electron chi connectivity index (χ4n) is 2.28. The summed E-state index contributed by atoms with van der Waals surface area (Å²) < 4.78 is 5.46. The first-order valence-corrected chi connectivity index (χ1v) is 7.84. The predicted octanol–water partition coefficient (Wildman–Crippen LogP) is 1.52. The van der Waals surface area contributed by atoms with E-state index in [9.17, 15) is 9.59 Å². The van der Waals surface area contributed by atoms with E-state index in [1.165, 1.54) is 12.3 Å². The molecule has 1 aromatic heterocycles. The highest BCUT2D eigenvalue weighted by atomic mass is 16.5. The van der Waals surface area contributed by atoms with Crippen LogP contribution in [0.2, 0.25) is 0 Å². The van der Waals surface area contributed by atoms with Crippen LogP contribution in [0.3, 0.4) is 0 Å². The number of nitrogens with one attached hydrogen (secondary N) is 2. The van der Waals surface area contributed by atoms with E-state index >= 15 is 0 Å². The van der Waals surface area contributed by atoms with Gasteiger partial charge in [0.15, 0.2) is 0 Å². The summed E-state index contributed by atoms with van der Waals surface area (Å²) in [6, 6.07) is 3.13. The second-order valence-electron chi connectivity index (χ2n) is 5.38. The first kappa shape index (κ1) is 16.4. The monoisotopic (exact) mass is 305 g/mol. The number of pyridine rings is 1. The molecule has 1 aliphatic heterocycles. The normalized spacial score (nSPS) is 17.2. The number of ether oxygens (including phenoxy) is 1. The van der Waals surface area contributed by atoms with Crippen molar-refractivity contribution in [2.24, 2.45) is 0 Å². The van der Waals surface area contributed by atoms with E-state index in [0.29, 0.717) is 18.7 Å². The van der Waals surface area contributed by atoms with E-state index in [-0.39, 0.29) is 23.6 Å². The summed E-state index contributed by atoms with van der Waals surface area (Å²) >= 11 is 0. The Hall–Kier alpha value is -1.95. The molecule has 1 unspecified atom stereocenters. The zero-order chi connectivity index (χ0) is 15.8. The number of aromatic nitrogens is 1. The van der Waals surface area contributed by atoms with Crippen LogP contribution in [0.1, 0.15) is 53.5 Å². The van der Waals surface area contributed by atoms with Crippen LogP contribution >= 0.6 is 0 Å². The minimum absolute atomic E-state index is 0.0875. The molecular weight excluding hydrogens is 282 g/mol. The van der Waals surface area contributed by atoms with Gasteiger partial charge in [0.1, 0.15) is 5.69 Å². The first-order valence-electron chi connectivity index (χ1n) is 7.84. The number of carbonyl (C=O) groups excluding carboxylic acids is 2. The number of unbranched alkanes of at least 4 members (excludes halogenated alkanes) is 1. The third-order valence-electron chi connectivity index (χ3n) is 3.58. The van der Waals surface area contributed by atoms with Gasteiger partial charge in [-0.2, -0.15) is 0 Å². The van der Waals surface area contributed by atoms with Gasteiger partial charge >= 0.3 is 0 Å². The van der Waals surface area contributed by atoms with Crippen molar-refractivity contribution in [1.82, 2.24) is 15.6 Å².